The van der Waals surface area contributed by atoms with Gasteiger partial charge < -0.3 is 5.11 Å². The SMILES string of the molecule is CCc1nc2cccc3c2n1-c1cc(-c2ccc4c5cccc6cccc(c7cccc2c74)c65)ccc1C3(O)c1ccccc1. The van der Waals surface area contributed by atoms with Crippen LogP contribution in [0.4, 0.5) is 0 Å². The number of hydrogen-bond acceptors (Lipinski definition) is 2. The molecule has 1 aliphatic rings. The minimum atomic E-state index is -1.31. The van der Waals surface area contributed by atoms with Gasteiger partial charge in [0.1, 0.15) is 11.4 Å². The summed E-state index contributed by atoms with van der Waals surface area (Å²) in [5, 5.41) is 23.1. The molecule has 212 valence electrons. The Kier molecular flexibility index (Phi) is 4.86. The van der Waals surface area contributed by atoms with Gasteiger partial charge in [0.25, 0.3) is 0 Å². The molecule has 45 heavy (non-hydrogen) atoms. The molecule has 1 aromatic heterocycles. The molecule has 1 unspecified atom stereocenters. The fraction of sp³-hybridized carbons (Fsp3) is 0.0714. The summed E-state index contributed by atoms with van der Waals surface area (Å²) in [6, 6.07) is 47.3. The molecule has 3 nitrogen and oxygen atoms in total. The van der Waals surface area contributed by atoms with Gasteiger partial charge in [-0.3, -0.25) is 4.57 Å². The molecule has 3 heteroatoms. The summed E-state index contributed by atoms with van der Waals surface area (Å²) >= 11 is 0. The van der Waals surface area contributed by atoms with Crippen LogP contribution >= 0.6 is 0 Å². The quantitative estimate of drug-likeness (QED) is 0.168. The van der Waals surface area contributed by atoms with E-state index in [1.165, 1.54) is 48.7 Å². The summed E-state index contributed by atoms with van der Waals surface area (Å²) < 4.78 is 2.28. The fourth-order valence-corrected chi connectivity index (χ4v) is 8.19. The molecule has 0 radical (unpaired) electrons. The third-order valence-electron chi connectivity index (χ3n) is 10.1. The molecule has 0 saturated carbocycles. The molecule has 1 aliphatic heterocycles. The van der Waals surface area contributed by atoms with Gasteiger partial charge in [-0.1, -0.05) is 128 Å². The number of para-hydroxylation sites is 1. The zero-order valence-electron chi connectivity index (χ0n) is 24.8. The van der Waals surface area contributed by atoms with E-state index in [2.05, 4.69) is 109 Å². The van der Waals surface area contributed by atoms with Crippen molar-refractivity contribution in [3.63, 3.8) is 0 Å². The Hall–Kier alpha value is -5.51. The second kappa shape index (κ2) is 8.78. The Bertz CT molecular complexity index is 2600. The lowest BCUT2D eigenvalue weighted by molar-refractivity contribution is 0.125. The predicted octanol–water partition coefficient (Wildman–Crippen LogP) is 9.90. The van der Waals surface area contributed by atoms with Crippen molar-refractivity contribution in [2.24, 2.45) is 0 Å². The zero-order chi connectivity index (χ0) is 29.9. The Morgan fingerprint density at radius 3 is 2.09 bits per heavy atom. The van der Waals surface area contributed by atoms with Crippen LogP contribution in [0.2, 0.25) is 0 Å². The number of nitrogens with zero attached hydrogens (tertiary/aromatic N) is 2. The largest absolute Gasteiger partial charge is 0.376 e. The minimum absolute atomic E-state index is 0.785. The van der Waals surface area contributed by atoms with Gasteiger partial charge in [-0.2, -0.15) is 0 Å². The molecule has 0 spiro atoms. The lowest BCUT2D eigenvalue weighted by Gasteiger charge is -2.36. The first-order chi connectivity index (χ1) is 22.2. The second-order valence-corrected chi connectivity index (χ2v) is 12.3. The highest BCUT2D eigenvalue weighted by Gasteiger charge is 2.42. The van der Waals surface area contributed by atoms with Gasteiger partial charge in [0.15, 0.2) is 0 Å². The van der Waals surface area contributed by atoms with Crippen molar-refractivity contribution in [3.05, 3.63) is 156 Å². The number of aliphatic hydroxyl groups is 1. The number of aryl methyl sites for hydroxylation is 1. The van der Waals surface area contributed by atoms with Crippen LogP contribution in [0.25, 0.3) is 70.9 Å². The Balaban J connectivity index is 1.30. The van der Waals surface area contributed by atoms with Crippen molar-refractivity contribution in [1.82, 2.24) is 9.55 Å². The maximum Gasteiger partial charge on any atom is 0.144 e. The second-order valence-electron chi connectivity index (χ2n) is 12.3. The van der Waals surface area contributed by atoms with Gasteiger partial charge in [-0.05, 0) is 71.9 Å². The molecule has 0 amide bonds. The average molecular weight is 577 g/mol. The molecule has 9 aromatic rings. The van der Waals surface area contributed by atoms with Crippen LogP contribution in [-0.4, -0.2) is 14.7 Å². The highest BCUT2D eigenvalue weighted by atomic mass is 16.3. The molecule has 10 rings (SSSR count). The van der Waals surface area contributed by atoms with Crippen LogP contribution in [0.3, 0.4) is 0 Å². The zero-order valence-corrected chi connectivity index (χ0v) is 24.8. The van der Waals surface area contributed by atoms with Crippen LogP contribution < -0.4 is 0 Å². The molecule has 2 heterocycles. The maximum atomic E-state index is 12.8. The molecular weight excluding hydrogens is 548 g/mol. The van der Waals surface area contributed by atoms with E-state index in [0.717, 1.165) is 51.2 Å². The van der Waals surface area contributed by atoms with Gasteiger partial charge >= 0.3 is 0 Å². The molecule has 1 atom stereocenters. The molecule has 0 fully saturated rings. The minimum Gasteiger partial charge on any atom is -0.376 e. The van der Waals surface area contributed by atoms with E-state index in [0.29, 0.717) is 0 Å². The van der Waals surface area contributed by atoms with E-state index in [4.69, 9.17) is 4.98 Å². The first-order valence-electron chi connectivity index (χ1n) is 15.7. The predicted molar refractivity (Wildman–Crippen MR) is 186 cm³/mol. The van der Waals surface area contributed by atoms with Crippen LogP contribution in [0.1, 0.15) is 29.4 Å². The first-order valence-corrected chi connectivity index (χ1v) is 15.7. The summed E-state index contributed by atoms with van der Waals surface area (Å²) in [6.07, 6.45) is 0.785. The number of fused-ring (bicyclic) bond motifs is 4. The molecule has 0 saturated heterocycles. The molecular formula is C42H28N2O. The monoisotopic (exact) mass is 576 g/mol. The lowest BCUT2D eigenvalue weighted by atomic mass is 9.76. The third kappa shape index (κ3) is 3.10. The van der Waals surface area contributed by atoms with E-state index in [9.17, 15) is 5.11 Å². The van der Waals surface area contributed by atoms with Gasteiger partial charge in [-0.15, -0.1) is 0 Å². The standard InChI is InChI=1S/C42H28N2O/c1-2-38-43-36-19-9-18-35-41(36)44(38)37-24-26(20-23-34(37)42(35,45)27-12-4-3-5-13-27)28-21-22-33-31-15-7-11-25-10-6-14-30(39(25)31)32-17-8-16-29(28)40(32)33/h3-24,45H,2H2,1H3. The first kappa shape index (κ1) is 24.9. The third-order valence-corrected chi connectivity index (χ3v) is 10.1. The van der Waals surface area contributed by atoms with Gasteiger partial charge in [0.05, 0.1) is 16.7 Å². The smallest absolute Gasteiger partial charge is 0.144 e. The Morgan fingerprint density at radius 2 is 1.31 bits per heavy atom. The van der Waals surface area contributed by atoms with Gasteiger partial charge in [0, 0.05) is 17.5 Å². The highest BCUT2D eigenvalue weighted by Crippen LogP contribution is 2.49. The number of aromatic nitrogens is 2. The van der Waals surface area contributed by atoms with E-state index in [1.54, 1.807) is 0 Å². The summed E-state index contributed by atoms with van der Waals surface area (Å²) in [5.74, 6) is 0.993. The van der Waals surface area contributed by atoms with Crippen molar-refractivity contribution in [2.75, 3.05) is 0 Å². The molecule has 0 aliphatic carbocycles. The summed E-state index contributed by atoms with van der Waals surface area (Å²) in [5.41, 5.74) is 6.45. The fourth-order valence-electron chi connectivity index (χ4n) is 8.19. The van der Waals surface area contributed by atoms with Crippen LogP contribution in [0.5, 0.6) is 0 Å². The van der Waals surface area contributed by atoms with Crippen LogP contribution in [0.15, 0.2) is 133 Å². The molecule has 8 aromatic carbocycles. The number of imidazole rings is 1. The van der Waals surface area contributed by atoms with E-state index in [1.807, 2.05) is 36.4 Å². The van der Waals surface area contributed by atoms with Crippen molar-refractivity contribution in [3.8, 4) is 16.8 Å². The van der Waals surface area contributed by atoms with Crippen molar-refractivity contribution < 1.29 is 5.11 Å². The van der Waals surface area contributed by atoms with Gasteiger partial charge in [-0.25, -0.2) is 4.98 Å². The van der Waals surface area contributed by atoms with E-state index >= 15 is 0 Å². The van der Waals surface area contributed by atoms with Crippen molar-refractivity contribution in [1.29, 1.82) is 0 Å². The Labute approximate surface area is 260 Å². The summed E-state index contributed by atoms with van der Waals surface area (Å²) in [6.45, 7) is 2.15. The highest BCUT2D eigenvalue weighted by molar-refractivity contribution is 6.34. The van der Waals surface area contributed by atoms with Gasteiger partial charge in [0.2, 0.25) is 0 Å². The van der Waals surface area contributed by atoms with E-state index < -0.39 is 5.60 Å². The van der Waals surface area contributed by atoms with E-state index in [-0.39, 0.29) is 0 Å². The van der Waals surface area contributed by atoms with Crippen molar-refractivity contribution >= 4 is 54.1 Å². The Morgan fingerprint density at radius 1 is 0.622 bits per heavy atom. The topological polar surface area (TPSA) is 38.0 Å². The van der Waals surface area contributed by atoms with Crippen LogP contribution in [-0.2, 0) is 12.0 Å². The normalized spacial score (nSPS) is 16.0. The van der Waals surface area contributed by atoms with Crippen LogP contribution in [0, 0.1) is 0 Å². The maximum absolute atomic E-state index is 12.8. The molecule has 1 N–H and O–H groups in total. The average Bonchev–Trinajstić information content (AvgIpc) is 3.49. The summed E-state index contributed by atoms with van der Waals surface area (Å²) in [7, 11) is 0. The number of hydrogen-bond donors (Lipinski definition) is 1. The molecule has 0 bridgehead atoms. The van der Waals surface area contributed by atoms with Crippen molar-refractivity contribution in [2.45, 2.75) is 18.9 Å². The number of rotatable bonds is 3. The summed E-state index contributed by atoms with van der Waals surface area (Å²) in [4.78, 5) is 5.05. The lowest BCUT2D eigenvalue weighted by Crippen LogP contribution is -2.34. The number of benzene rings is 8.